The molecule has 0 aromatic carbocycles. The van der Waals surface area contributed by atoms with Gasteiger partial charge in [-0.3, -0.25) is 0 Å². The average molecular weight is 294 g/mol. The molecule has 2 aromatic heterocycles. The van der Waals surface area contributed by atoms with E-state index in [-0.39, 0.29) is 51.0 Å². The molecule has 5 heteroatoms. The summed E-state index contributed by atoms with van der Waals surface area (Å²) in [6, 6.07) is 7.42. The van der Waals surface area contributed by atoms with Crippen LogP contribution in [0.1, 0.15) is 0 Å². The van der Waals surface area contributed by atoms with E-state index in [4.69, 9.17) is 0 Å². The molecule has 0 aliphatic rings. The van der Waals surface area contributed by atoms with Gasteiger partial charge in [-0.1, -0.05) is 0 Å². The molecule has 0 amide bonds. The SMILES string of the molecule is [Cl-].[Cl-].[Zr+4].[c-]1ccc[nH]1.[c-]1ccc[nH]1. The van der Waals surface area contributed by atoms with E-state index in [9.17, 15) is 0 Å². The molecular formula is C8H8Cl2N2Zr. The third-order valence-electron chi connectivity index (χ3n) is 0.885. The molecule has 0 saturated heterocycles. The Morgan fingerprint density at radius 2 is 1.15 bits per heavy atom. The fourth-order valence-electron chi connectivity index (χ4n) is 0.481. The van der Waals surface area contributed by atoms with Crippen molar-refractivity contribution in [2.75, 3.05) is 0 Å². The molecule has 0 fully saturated rings. The van der Waals surface area contributed by atoms with Crippen LogP contribution in [0.3, 0.4) is 0 Å². The molecular weight excluding hydrogens is 286 g/mol. The summed E-state index contributed by atoms with van der Waals surface area (Å²) in [7, 11) is 0. The van der Waals surface area contributed by atoms with E-state index in [1.54, 1.807) is 0 Å². The van der Waals surface area contributed by atoms with Gasteiger partial charge in [-0.25, -0.2) is 0 Å². The Labute approximate surface area is 109 Å². The zero-order valence-electron chi connectivity index (χ0n) is 6.72. The first-order valence-electron chi connectivity index (χ1n) is 2.99. The second kappa shape index (κ2) is 14.5. The van der Waals surface area contributed by atoms with Crippen LogP contribution in [0.25, 0.3) is 0 Å². The smallest absolute Gasteiger partial charge is 1.00 e. The van der Waals surface area contributed by atoms with Crippen molar-refractivity contribution in [3.05, 3.63) is 49.1 Å². The maximum Gasteiger partial charge on any atom is 4.00 e. The molecule has 0 aliphatic heterocycles. The van der Waals surface area contributed by atoms with Gasteiger partial charge in [0.1, 0.15) is 0 Å². The van der Waals surface area contributed by atoms with Gasteiger partial charge in [-0.2, -0.15) is 36.7 Å². The van der Waals surface area contributed by atoms with Gasteiger partial charge in [-0.05, 0) is 0 Å². The molecule has 2 N–H and O–H groups in total. The van der Waals surface area contributed by atoms with Crippen LogP contribution in [-0.2, 0) is 26.2 Å². The van der Waals surface area contributed by atoms with Crippen LogP contribution in [0.15, 0.2) is 36.7 Å². The summed E-state index contributed by atoms with van der Waals surface area (Å²) in [5, 5.41) is 0. The van der Waals surface area contributed by atoms with Gasteiger partial charge in [0.15, 0.2) is 0 Å². The number of nitrogens with one attached hydrogen (secondary N) is 2. The van der Waals surface area contributed by atoms with Crippen LogP contribution < -0.4 is 24.8 Å². The Balaban J connectivity index is -0.000000125. The first-order chi connectivity index (χ1) is 5.00. The van der Waals surface area contributed by atoms with Crippen LogP contribution in [0.4, 0.5) is 0 Å². The summed E-state index contributed by atoms with van der Waals surface area (Å²) < 4.78 is 0. The minimum absolute atomic E-state index is 0. The van der Waals surface area contributed by atoms with E-state index >= 15 is 0 Å². The molecule has 68 valence electrons. The molecule has 0 saturated carbocycles. The topological polar surface area (TPSA) is 31.6 Å². The Bertz CT molecular complexity index is 159. The normalized spacial score (nSPS) is 6.15. The van der Waals surface area contributed by atoms with Crippen molar-refractivity contribution in [1.82, 2.24) is 9.97 Å². The minimum atomic E-state index is 0. The van der Waals surface area contributed by atoms with Crippen molar-refractivity contribution in [2.24, 2.45) is 0 Å². The van der Waals surface area contributed by atoms with Crippen molar-refractivity contribution in [3.63, 3.8) is 0 Å². The molecule has 2 rings (SSSR count). The Kier molecular flexibility index (Phi) is 21.0. The van der Waals surface area contributed by atoms with Crippen LogP contribution in [-0.4, -0.2) is 9.97 Å². The number of H-pyrrole nitrogens is 2. The third kappa shape index (κ3) is 12.0. The summed E-state index contributed by atoms with van der Waals surface area (Å²) >= 11 is 0. The Morgan fingerprint density at radius 1 is 0.769 bits per heavy atom. The van der Waals surface area contributed by atoms with Gasteiger partial charge in [-0.15, -0.1) is 12.4 Å². The first kappa shape index (κ1) is 18.7. The summed E-state index contributed by atoms with van der Waals surface area (Å²) in [6.07, 6.45) is 9.11. The van der Waals surface area contributed by atoms with E-state index < -0.39 is 0 Å². The molecule has 2 nitrogen and oxygen atoms in total. The molecule has 2 aromatic rings. The summed E-state index contributed by atoms with van der Waals surface area (Å²) in [5.41, 5.74) is 0. The zero-order valence-corrected chi connectivity index (χ0v) is 10.7. The van der Waals surface area contributed by atoms with E-state index in [0.29, 0.717) is 0 Å². The maximum atomic E-state index is 2.74. The van der Waals surface area contributed by atoms with Crippen molar-refractivity contribution in [3.8, 4) is 0 Å². The van der Waals surface area contributed by atoms with Gasteiger partial charge in [0, 0.05) is 0 Å². The second-order valence-corrected chi connectivity index (χ2v) is 1.63. The number of hydrogen-bond acceptors (Lipinski definition) is 0. The quantitative estimate of drug-likeness (QED) is 0.460. The molecule has 0 bridgehead atoms. The fraction of sp³-hybridized carbons (Fsp3) is 0. The maximum absolute atomic E-state index is 2.74. The average Bonchev–Trinajstić information content (AvgIpc) is 2.67. The zero-order chi connectivity index (χ0) is 7.07. The van der Waals surface area contributed by atoms with Gasteiger partial charge in [0.2, 0.25) is 0 Å². The van der Waals surface area contributed by atoms with E-state index in [1.165, 1.54) is 0 Å². The van der Waals surface area contributed by atoms with E-state index in [2.05, 4.69) is 22.4 Å². The molecule has 0 atom stereocenters. The van der Waals surface area contributed by atoms with Gasteiger partial charge in [0.25, 0.3) is 0 Å². The fourth-order valence-corrected chi connectivity index (χ4v) is 0.481. The number of aromatic nitrogens is 2. The summed E-state index contributed by atoms with van der Waals surface area (Å²) in [6.45, 7) is 0. The van der Waals surface area contributed by atoms with Gasteiger partial charge < -0.3 is 34.8 Å². The second-order valence-electron chi connectivity index (χ2n) is 1.63. The van der Waals surface area contributed by atoms with Crippen molar-refractivity contribution >= 4 is 0 Å². The third-order valence-corrected chi connectivity index (χ3v) is 0.885. The van der Waals surface area contributed by atoms with Crippen molar-refractivity contribution in [2.45, 2.75) is 0 Å². The van der Waals surface area contributed by atoms with Crippen molar-refractivity contribution in [1.29, 1.82) is 0 Å². The molecule has 13 heavy (non-hydrogen) atoms. The number of rotatable bonds is 0. The predicted octanol–water partition coefficient (Wildman–Crippen LogP) is -4.36. The Morgan fingerprint density at radius 3 is 1.23 bits per heavy atom. The van der Waals surface area contributed by atoms with Crippen LogP contribution in [0, 0.1) is 12.4 Å². The monoisotopic (exact) mass is 292 g/mol. The molecule has 0 spiro atoms. The van der Waals surface area contributed by atoms with Crippen LogP contribution in [0.5, 0.6) is 0 Å². The molecule has 0 radical (unpaired) electrons. The summed E-state index contributed by atoms with van der Waals surface area (Å²) in [5.74, 6) is 0. The van der Waals surface area contributed by atoms with Crippen LogP contribution in [0.2, 0.25) is 0 Å². The van der Waals surface area contributed by atoms with Gasteiger partial charge in [0.05, 0.1) is 0 Å². The molecule has 2 heterocycles. The van der Waals surface area contributed by atoms with Crippen LogP contribution >= 0.6 is 0 Å². The number of hydrogen-bond donors (Lipinski definition) is 2. The van der Waals surface area contributed by atoms with Gasteiger partial charge >= 0.3 is 26.2 Å². The predicted molar refractivity (Wildman–Crippen MR) is 39.3 cm³/mol. The number of aromatic amines is 2. The standard InChI is InChI=1S/2C4H4N.2ClH.Zr/c2*1-2-4-5-3-1;;;/h2*1-3,5H;2*1H;/q2*-1;;;+4/p-2. The van der Waals surface area contributed by atoms with E-state index in [1.807, 2.05) is 36.7 Å². The molecule has 0 unspecified atom stereocenters. The van der Waals surface area contributed by atoms with E-state index in [0.717, 1.165) is 0 Å². The largest absolute Gasteiger partial charge is 4.00 e. The Hall–Kier alpha value is 0.0231. The molecule has 0 aliphatic carbocycles. The van der Waals surface area contributed by atoms with Crippen molar-refractivity contribution < 1.29 is 51.0 Å². The minimum Gasteiger partial charge on any atom is -1.00 e. The first-order valence-corrected chi connectivity index (χ1v) is 2.99. The summed E-state index contributed by atoms with van der Waals surface area (Å²) in [4.78, 5) is 5.47. The number of halogens is 2.